The van der Waals surface area contributed by atoms with Crippen molar-refractivity contribution in [2.24, 2.45) is 0 Å². The van der Waals surface area contributed by atoms with Crippen molar-refractivity contribution < 1.29 is 33.4 Å². The number of amides is 2. The van der Waals surface area contributed by atoms with Crippen molar-refractivity contribution in [2.45, 2.75) is 15.8 Å². The Hall–Kier alpha value is -4.43. The molecule has 0 aliphatic heterocycles. The molecule has 0 aliphatic rings. The Kier molecular flexibility index (Phi) is 8.00. The number of aromatic amines is 1. The molecule has 0 atom stereocenters. The van der Waals surface area contributed by atoms with Crippen LogP contribution < -0.4 is 20.1 Å². The average Bonchev–Trinajstić information content (AvgIpc) is 3.50. The summed E-state index contributed by atoms with van der Waals surface area (Å²) in [6.45, 7) is 0. The normalized spacial score (nSPS) is 10.5. The number of nitrogens with zero attached hydrogens (tertiary/aromatic N) is 2. The van der Waals surface area contributed by atoms with Crippen LogP contribution in [0.15, 0.2) is 64.2 Å². The number of benzene rings is 2. The second kappa shape index (κ2) is 11.5. The highest BCUT2D eigenvalue weighted by Gasteiger charge is 2.22. The summed E-state index contributed by atoms with van der Waals surface area (Å²) >= 11 is 2.13. The fraction of sp³-hybridized carbons (Fsp3) is 0.0870. The van der Waals surface area contributed by atoms with Crippen LogP contribution in [0.1, 0.15) is 5.69 Å². The van der Waals surface area contributed by atoms with Gasteiger partial charge in [-0.25, -0.2) is 14.4 Å². The third-order valence-electron chi connectivity index (χ3n) is 4.55. The number of carboxylic acid groups (broad SMARTS) is 1. The second-order valence-electron chi connectivity index (χ2n) is 7.12. The molecule has 4 N–H and O–H groups in total. The topological polar surface area (TPSA) is 156 Å². The van der Waals surface area contributed by atoms with Gasteiger partial charge in [-0.1, -0.05) is 23.5 Å². The van der Waals surface area contributed by atoms with Crippen LogP contribution in [0, 0.1) is 5.82 Å². The number of imidazole rings is 1. The second-order valence-corrected chi connectivity index (χ2v) is 9.38. The SMILES string of the molecule is COc1ccccc1Oc1cc(F)ccc1NC(=O)C(=O)Nc1nc(CC(=O)O)c(Sc2ncc[nH]2)s1. The molecule has 11 nitrogen and oxygen atoms in total. The maximum atomic E-state index is 13.9. The van der Waals surface area contributed by atoms with Gasteiger partial charge < -0.3 is 24.9 Å². The average molecular weight is 544 g/mol. The summed E-state index contributed by atoms with van der Waals surface area (Å²) in [4.78, 5) is 47.5. The molecular formula is C23H18FN5O6S2. The number of carbonyl (C=O) groups excluding carboxylic acids is 2. The van der Waals surface area contributed by atoms with Crippen molar-refractivity contribution in [3.8, 4) is 17.2 Å². The molecule has 0 aliphatic carbocycles. The standard InChI is InChI=1S/C23H18FN5O6S2/c1-34-15-4-2-3-5-16(15)35-17-10-12(24)6-7-13(17)27-19(32)20(33)29-23-28-14(11-18(30)31)21(37-23)36-22-25-8-9-26-22/h2-10H,11H2,1H3,(H,25,26)(H,27,32)(H,30,31)(H,28,29,33). The zero-order chi connectivity index (χ0) is 26.4. The van der Waals surface area contributed by atoms with Crippen LogP contribution in [0.3, 0.4) is 0 Å². The minimum Gasteiger partial charge on any atom is -0.493 e. The number of anilines is 2. The summed E-state index contributed by atoms with van der Waals surface area (Å²) in [7, 11) is 1.44. The van der Waals surface area contributed by atoms with Crippen molar-refractivity contribution >= 4 is 51.7 Å². The Morgan fingerprint density at radius 3 is 2.57 bits per heavy atom. The van der Waals surface area contributed by atoms with Crippen LogP contribution in [-0.4, -0.2) is 45.0 Å². The first-order valence-electron chi connectivity index (χ1n) is 10.4. The molecule has 0 unspecified atom stereocenters. The van der Waals surface area contributed by atoms with E-state index in [9.17, 15) is 23.9 Å². The number of para-hydroxylation sites is 2. The molecule has 0 bridgehead atoms. The number of hydrogen-bond acceptors (Lipinski definition) is 9. The van der Waals surface area contributed by atoms with Gasteiger partial charge in [-0.05, 0) is 36.0 Å². The maximum Gasteiger partial charge on any atom is 0.315 e. The summed E-state index contributed by atoms with van der Waals surface area (Å²) in [5, 5.41) is 14.5. The summed E-state index contributed by atoms with van der Waals surface area (Å²) in [6, 6.07) is 10.1. The molecule has 37 heavy (non-hydrogen) atoms. The van der Waals surface area contributed by atoms with E-state index in [1.807, 2.05) is 0 Å². The zero-order valence-corrected chi connectivity index (χ0v) is 20.6. The minimum absolute atomic E-state index is 0.0232. The summed E-state index contributed by atoms with van der Waals surface area (Å²) in [6.07, 6.45) is 2.75. The van der Waals surface area contributed by atoms with E-state index in [4.69, 9.17) is 9.47 Å². The molecule has 0 radical (unpaired) electrons. The summed E-state index contributed by atoms with van der Waals surface area (Å²) < 4.78 is 25.4. The largest absolute Gasteiger partial charge is 0.493 e. The Morgan fingerprint density at radius 1 is 1.11 bits per heavy atom. The molecule has 2 amide bonds. The molecule has 0 spiro atoms. The fourth-order valence-corrected chi connectivity index (χ4v) is 4.96. The summed E-state index contributed by atoms with van der Waals surface area (Å²) in [5.41, 5.74) is 0.243. The zero-order valence-electron chi connectivity index (χ0n) is 19.0. The fourth-order valence-electron chi connectivity index (χ4n) is 2.96. The van der Waals surface area contributed by atoms with Crippen molar-refractivity contribution in [1.82, 2.24) is 15.0 Å². The van der Waals surface area contributed by atoms with E-state index in [1.54, 1.807) is 30.5 Å². The number of H-pyrrole nitrogens is 1. The van der Waals surface area contributed by atoms with Crippen LogP contribution in [0.5, 0.6) is 17.2 Å². The Balaban J connectivity index is 1.49. The lowest BCUT2D eigenvalue weighted by atomic mass is 10.2. The highest BCUT2D eigenvalue weighted by atomic mass is 32.2. The summed E-state index contributed by atoms with van der Waals surface area (Å²) in [5.74, 6) is -3.29. The van der Waals surface area contributed by atoms with Crippen molar-refractivity contribution in [3.63, 3.8) is 0 Å². The molecule has 14 heteroatoms. The maximum absolute atomic E-state index is 13.9. The lowest BCUT2D eigenvalue weighted by molar-refractivity contribution is -0.136. The molecule has 4 rings (SSSR count). The van der Waals surface area contributed by atoms with Gasteiger partial charge in [0.15, 0.2) is 27.5 Å². The van der Waals surface area contributed by atoms with Crippen LogP contribution in [-0.2, 0) is 20.8 Å². The van der Waals surface area contributed by atoms with E-state index < -0.39 is 23.6 Å². The number of nitrogens with one attached hydrogen (secondary N) is 3. The number of carbonyl (C=O) groups is 3. The van der Waals surface area contributed by atoms with Crippen LogP contribution >= 0.6 is 23.1 Å². The van der Waals surface area contributed by atoms with Gasteiger partial charge in [0.1, 0.15) is 5.82 Å². The molecule has 0 saturated carbocycles. The molecule has 2 aromatic heterocycles. The first-order chi connectivity index (χ1) is 17.8. The van der Waals surface area contributed by atoms with Gasteiger partial charge in [0.25, 0.3) is 0 Å². The first-order valence-corrected chi connectivity index (χ1v) is 12.1. The number of halogens is 1. The molecule has 2 heterocycles. The molecule has 2 aromatic carbocycles. The Labute approximate surface area is 217 Å². The number of aliphatic carboxylic acids is 1. The van der Waals surface area contributed by atoms with Gasteiger partial charge in [0.2, 0.25) is 0 Å². The van der Waals surface area contributed by atoms with Gasteiger partial charge in [0, 0.05) is 18.5 Å². The van der Waals surface area contributed by atoms with Crippen LogP contribution in [0.25, 0.3) is 0 Å². The Bertz CT molecular complexity index is 1440. The van der Waals surface area contributed by atoms with E-state index in [-0.39, 0.29) is 34.4 Å². The third-order valence-corrected chi connectivity index (χ3v) is 6.70. The van der Waals surface area contributed by atoms with E-state index >= 15 is 0 Å². The lowest BCUT2D eigenvalue weighted by Crippen LogP contribution is -2.29. The smallest absolute Gasteiger partial charge is 0.315 e. The number of rotatable bonds is 9. The molecular weight excluding hydrogens is 525 g/mol. The number of ether oxygens (including phenoxy) is 2. The number of aromatic nitrogens is 3. The minimum atomic E-state index is -1.11. The molecule has 0 saturated heterocycles. The van der Waals surface area contributed by atoms with Gasteiger partial charge in [-0.3, -0.25) is 19.7 Å². The van der Waals surface area contributed by atoms with Gasteiger partial charge in [-0.2, -0.15) is 0 Å². The number of thiazole rings is 1. The van der Waals surface area contributed by atoms with Crippen LogP contribution in [0.4, 0.5) is 15.2 Å². The van der Waals surface area contributed by atoms with Crippen molar-refractivity contribution in [1.29, 1.82) is 0 Å². The van der Waals surface area contributed by atoms with Crippen molar-refractivity contribution in [2.75, 3.05) is 17.7 Å². The van der Waals surface area contributed by atoms with E-state index in [0.717, 1.165) is 35.2 Å². The molecule has 0 fully saturated rings. The molecule has 190 valence electrons. The third kappa shape index (κ3) is 6.62. The van der Waals surface area contributed by atoms with Gasteiger partial charge >= 0.3 is 17.8 Å². The number of methoxy groups -OCH3 is 1. The van der Waals surface area contributed by atoms with Gasteiger partial charge in [-0.15, -0.1) is 0 Å². The van der Waals surface area contributed by atoms with E-state index in [0.29, 0.717) is 15.1 Å². The monoisotopic (exact) mass is 543 g/mol. The predicted molar refractivity (Wildman–Crippen MR) is 133 cm³/mol. The number of hydrogen-bond donors (Lipinski definition) is 4. The predicted octanol–water partition coefficient (Wildman–Crippen LogP) is 4.16. The quantitative estimate of drug-likeness (QED) is 0.228. The first kappa shape index (κ1) is 25.7. The Morgan fingerprint density at radius 2 is 1.86 bits per heavy atom. The highest BCUT2D eigenvalue weighted by Crippen LogP contribution is 2.37. The molecule has 4 aromatic rings. The van der Waals surface area contributed by atoms with Gasteiger partial charge in [0.05, 0.1) is 29.1 Å². The van der Waals surface area contributed by atoms with Crippen molar-refractivity contribution in [3.05, 3.63) is 66.4 Å². The van der Waals surface area contributed by atoms with Crippen LogP contribution in [0.2, 0.25) is 0 Å². The van der Waals surface area contributed by atoms with E-state index in [1.165, 1.54) is 19.4 Å². The van der Waals surface area contributed by atoms with E-state index in [2.05, 4.69) is 25.6 Å². The number of carboxylic acids is 1. The lowest BCUT2D eigenvalue weighted by Gasteiger charge is -2.14. The highest BCUT2D eigenvalue weighted by molar-refractivity contribution is 8.01.